The third kappa shape index (κ3) is 58.7. The number of allylic oxidation sites excluding steroid dienone is 17. The first-order valence-corrected chi connectivity index (χ1v) is 32.3. The van der Waals surface area contributed by atoms with E-state index >= 15 is 0 Å². The lowest BCUT2D eigenvalue weighted by atomic mass is 10.0. The Labute approximate surface area is 463 Å². The van der Waals surface area contributed by atoms with E-state index in [0.29, 0.717) is 17.4 Å². The van der Waals surface area contributed by atoms with Crippen LogP contribution in [-0.4, -0.2) is 73.4 Å². The summed E-state index contributed by atoms with van der Waals surface area (Å²) >= 11 is 0. The van der Waals surface area contributed by atoms with E-state index in [1.165, 1.54) is 148 Å². The average Bonchev–Trinajstić information content (AvgIpc) is 3.37. The van der Waals surface area contributed by atoms with Crippen molar-refractivity contribution in [3.8, 4) is 0 Å². The number of carbonyl (C=O) groups is 1. The molecule has 8 nitrogen and oxygen atoms in total. The lowest BCUT2D eigenvalue weighted by Gasteiger charge is -2.25. The number of carbonyl (C=O) groups excluding carboxylic acids is 1. The number of amides is 1. The van der Waals surface area contributed by atoms with E-state index in [9.17, 15) is 19.4 Å². The number of quaternary nitrogens is 1. The van der Waals surface area contributed by atoms with Crippen molar-refractivity contribution in [2.75, 3.05) is 40.9 Å². The van der Waals surface area contributed by atoms with Crippen LogP contribution in [0.1, 0.15) is 251 Å². The van der Waals surface area contributed by atoms with Gasteiger partial charge in [-0.2, -0.15) is 0 Å². The summed E-state index contributed by atoms with van der Waals surface area (Å²) in [5.74, 6) is -0.236. The molecule has 432 valence electrons. The summed E-state index contributed by atoms with van der Waals surface area (Å²) in [6.07, 6.45) is 82.3. The number of likely N-dealkylation sites (N-methyl/N-ethyl adjacent to an activating group) is 1. The topological polar surface area (TPSA) is 105 Å². The number of nitrogens with one attached hydrogen (secondary N) is 1. The molecule has 0 aliphatic carbocycles. The molecule has 0 saturated heterocycles. The van der Waals surface area contributed by atoms with E-state index in [4.69, 9.17) is 9.05 Å². The van der Waals surface area contributed by atoms with Crippen LogP contribution in [0.4, 0.5) is 0 Å². The van der Waals surface area contributed by atoms with Gasteiger partial charge >= 0.3 is 7.82 Å². The average molecular weight is 1070 g/mol. The van der Waals surface area contributed by atoms with Gasteiger partial charge in [0.25, 0.3) is 0 Å². The lowest BCUT2D eigenvalue weighted by molar-refractivity contribution is -0.870. The van der Waals surface area contributed by atoms with E-state index in [-0.39, 0.29) is 25.5 Å². The van der Waals surface area contributed by atoms with Crippen molar-refractivity contribution in [2.45, 2.75) is 264 Å². The first-order valence-electron chi connectivity index (χ1n) is 30.8. The van der Waals surface area contributed by atoms with Gasteiger partial charge in [0, 0.05) is 6.42 Å². The largest absolute Gasteiger partial charge is 0.472 e. The van der Waals surface area contributed by atoms with Gasteiger partial charge in [-0.25, -0.2) is 4.57 Å². The summed E-state index contributed by atoms with van der Waals surface area (Å²) in [5, 5.41) is 13.9. The monoisotopic (exact) mass is 1070 g/mol. The van der Waals surface area contributed by atoms with E-state index in [2.05, 4.69) is 116 Å². The third-order valence-electron chi connectivity index (χ3n) is 13.2. The van der Waals surface area contributed by atoms with E-state index in [0.717, 1.165) is 77.0 Å². The minimum absolute atomic E-state index is 0.0387. The highest BCUT2D eigenvalue weighted by atomic mass is 31.2. The van der Waals surface area contributed by atoms with Gasteiger partial charge in [-0.15, -0.1) is 0 Å². The zero-order chi connectivity index (χ0) is 54.9. The number of phosphoric acid groups is 1. The zero-order valence-corrected chi connectivity index (χ0v) is 50.1. The first-order chi connectivity index (χ1) is 36.5. The molecule has 0 radical (unpaired) electrons. The molecule has 0 bridgehead atoms. The summed E-state index contributed by atoms with van der Waals surface area (Å²) in [5.41, 5.74) is 0. The molecular formula is C66H118N2O6P+. The van der Waals surface area contributed by atoms with Crippen molar-refractivity contribution < 1.29 is 32.9 Å². The Balaban J connectivity index is 4.29. The molecular weight excluding hydrogens is 948 g/mol. The molecule has 3 N–H and O–H groups in total. The standard InChI is InChI=1S/C66H117N2O6P/c1-6-8-10-12-14-16-18-20-22-24-26-28-29-30-31-32-33-34-35-36-37-38-40-41-43-45-47-49-51-53-55-57-59-65(69)64(63-74-75(71,72)73-62-61-68(3,4)5)67-66(70)60-58-56-54-52-50-48-46-44-42-39-27-25-23-21-19-17-15-13-11-9-7-2/h9,11,15,17,21,23,27,39,41,43-44,46,49-52,57,59,64-65,69H,6-8,10,12-14,16,18-20,22,24-26,28-38,40,42,45,47-48,53-56,58,60-63H2,1-5H3,(H-,67,70,71,72)/p+1/b11-9-,17-15-,23-21-,39-27-,43-41+,46-44-,51-49+,52-50-,59-57+. The van der Waals surface area contributed by atoms with Gasteiger partial charge < -0.3 is 19.8 Å². The van der Waals surface area contributed by atoms with Gasteiger partial charge in [0.1, 0.15) is 13.2 Å². The molecule has 3 atom stereocenters. The quantitative estimate of drug-likeness (QED) is 0.0243. The molecule has 0 fully saturated rings. The van der Waals surface area contributed by atoms with Gasteiger partial charge in [0.2, 0.25) is 5.91 Å². The minimum Gasteiger partial charge on any atom is -0.387 e. The van der Waals surface area contributed by atoms with Crippen molar-refractivity contribution in [3.63, 3.8) is 0 Å². The van der Waals surface area contributed by atoms with E-state index < -0.39 is 20.0 Å². The van der Waals surface area contributed by atoms with Gasteiger partial charge in [-0.05, 0) is 96.3 Å². The second-order valence-corrected chi connectivity index (χ2v) is 23.1. The number of hydrogen-bond donors (Lipinski definition) is 3. The molecule has 75 heavy (non-hydrogen) atoms. The van der Waals surface area contributed by atoms with Crippen molar-refractivity contribution in [2.24, 2.45) is 0 Å². The van der Waals surface area contributed by atoms with Crippen molar-refractivity contribution in [3.05, 3.63) is 109 Å². The predicted octanol–water partition coefficient (Wildman–Crippen LogP) is 19.2. The predicted molar refractivity (Wildman–Crippen MR) is 327 cm³/mol. The molecule has 0 spiro atoms. The Hall–Kier alpha value is -2.84. The number of aliphatic hydroxyl groups is 1. The summed E-state index contributed by atoms with van der Waals surface area (Å²) in [7, 11) is 1.50. The van der Waals surface area contributed by atoms with E-state index in [1.54, 1.807) is 6.08 Å². The van der Waals surface area contributed by atoms with Crippen molar-refractivity contribution >= 4 is 13.7 Å². The zero-order valence-electron chi connectivity index (χ0n) is 49.3. The number of nitrogens with zero attached hydrogens (tertiary/aromatic N) is 1. The second-order valence-electron chi connectivity index (χ2n) is 21.7. The van der Waals surface area contributed by atoms with Gasteiger partial charge in [-0.3, -0.25) is 13.8 Å². The Kier molecular flexibility index (Phi) is 53.8. The number of phosphoric ester groups is 1. The molecule has 9 heteroatoms. The highest BCUT2D eigenvalue weighted by molar-refractivity contribution is 7.47. The molecule has 1 amide bonds. The molecule has 0 aliphatic rings. The Morgan fingerprint density at radius 3 is 1.23 bits per heavy atom. The van der Waals surface area contributed by atoms with Crippen LogP contribution in [0, 0.1) is 0 Å². The van der Waals surface area contributed by atoms with Crippen LogP contribution in [0.15, 0.2) is 109 Å². The van der Waals surface area contributed by atoms with Gasteiger partial charge in [0.15, 0.2) is 0 Å². The normalized spacial score (nSPS) is 14.6. The molecule has 0 aromatic carbocycles. The Bertz CT molecular complexity index is 1590. The van der Waals surface area contributed by atoms with Crippen LogP contribution in [0.5, 0.6) is 0 Å². The Morgan fingerprint density at radius 2 is 0.813 bits per heavy atom. The fourth-order valence-corrected chi connectivity index (χ4v) is 9.17. The summed E-state index contributed by atoms with van der Waals surface area (Å²) in [6.45, 7) is 4.64. The van der Waals surface area contributed by atoms with Crippen molar-refractivity contribution in [1.29, 1.82) is 0 Å². The molecule has 0 saturated carbocycles. The third-order valence-corrected chi connectivity index (χ3v) is 14.2. The van der Waals surface area contributed by atoms with E-state index in [1.807, 2.05) is 27.2 Å². The highest BCUT2D eigenvalue weighted by Gasteiger charge is 2.27. The molecule has 0 rings (SSSR count). The summed E-state index contributed by atoms with van der Waals surface area (Å²) < 4.78 is 23.7. The van der Waals surface area contributed by atoms with Gasteiger partial charge in [0.05, 0.1) is 39.9 Å². The molecule has 0 aliphatic heterocycles. The van der Waals surface area contributed by atoms with Crippen LogP contribution >= 0.6 is 7.82 Å². The van der Waals surface area contributed by atoms with Crippen LogP contribution in [-0.2, 0) is 18.4 Å². The number of hydrogen-bond acceptors (Lipinski definition) is 5. The van der Waals surface area contributed by atoms with Crippen LogP contribution < -0.4 is 5.32 Å². The highest BCUT2D eigenvalue weighted by Crippen LogP contribution is 2.43. The number of unbranched alkanes of at least 4 members (excludes halogenated alkanes) is 26. The first kappa shape index (κ1) is 72.2. The SMILES string of the molecule is CC/C=C\C/C=C\C/C=C\C/C=C\C/C=C\C/C=C\CCCCC(=O)NC(COP(=O)(O)OCC[N+](C)(C)C)C(O)/C=C/CC/C=C/CC/C=C/CCCCCCCCCCCCCCCCCCCCCCCC. The van der Waals surface area contributed by atoms with Gasteiger partial charge in [-0.1, -0.05) is 258 Å². The van der Waals surface area contributed by atoms with Crippen LogP contribution in [0.25, 0.3) is 0 Å². The maximum atomic E-state index is 13.0. The smallest absolute Gasteiger partial charge is 0.387 e. The second kappa shape index (κ2) is 55.9. The fraction of sp³-hybridized carbons (Fsp3) is 0.712. The van der Waals surface area contributed by atoms with Crippen molar-refractivity contribution in [1.82, 2.24) is 5.32 Å². The minimum atomic E-state index is -4.38. The fourth-order valence-electron chi connectivity index (χ4n) is 8.43. The lowest BCUT2D eigenvalue weighted by Crippen LogP contribution is -2.45. The summed E-state index contributed by atoms with van der Waals surface area (Å²) in [4.78, 5) is 23.3. The van der Waals surface area contributed by atoms with Crippen LogP contribution in [0.3, 0.4) is 0 Å². The van der Waals surface area contributed by atoms with Crippen LogP contribution in [0.2, 0.25) is 0 Å². The molecule has 0 heterocycles. The maximum absolute atomic E-state index is 13.0. The number of rotatable bonds is 55. The Morgan fingerprint density at radius 1 is 0.467 bits per heavy atom. The molecule has 0 aromatic rings. The molecule has 0 aromatic heterocycles. The number of aliphatic hydroxyl groups excluding tert-OH is 1. The summed E-state index contributed by atoms with van der Waals surface area (Å²) in [6, 6.07) is -0.902. The maximum Gasteiger partial charge on any atom is 0.472 e. The molecule has 3 unspecified atom stereocenters.